The zero-order chi connectivity index (χ0) is 10.7. The Kier molecular flexibility index (Phi) is 3.49. The monoisotopic (exact) mass is 224 g/mol. The van der Waals surface area contributed by atoms with Crippen molar-refractivity contribution < 1.29 is 4.79 Å². The van der Waals surface area contributed by atoms with Crippen LogP contribution in [-0.4, -0.2) is 29.3 Å². The average Bonchev–Trinajstić information content (AvgIpc) is 2.77. The quantitative estimate of drug-likeness (QED) is 0.740. The molecule has 1 unspecified atom stereocenters. The topological polar surface area (TPSA) is 33.2 Å². The number of aldehydes is 1. The highest BCUT2D eigenvalue weighted by atomic mass is 32.1. The van der Waals surface area contributed by atoms with Gasteiger partial charge in [-0.3, -0.25) is 9.69 Å². The molecule has 0 saturated carbocycles. The summed E-state index contributed by atoms with van der Waals surface area (Å²) in [6.45, 7) is 4.42. The van der Waals surface area contributed by atoms with E-state index in [4.69, 9.17) is 0 Å². The van der Waals surface area contributed by atoms with Gasteiger partial charge in [0, 0.05) is 5.38 Å². The van der Waals surface area contributed by atoms with E-state index in [2.05, 4.69) is 16.8 Å². The van der Waals surface area contributed by atoms with E-state index in [0.29, 0.717) is 11.7 Å². The summed E-state index contributed by atoms with van der Waals surface area (Å²) in [6, 6.07) is 0.447. The molecule has 15 heavy (non-hydrogen) atoms. The zero-order valence-corrected chi connectivity index (χ0v) is 9.80. The first kappa shape index (κ1) is 10.8. The minimum absolute atomic E-state index is 0.447. The number of aromatic nitrogens is 1. The van der Waals surface area contributed by atoms with Crippen molar-refractivity contribution in [2.75, 3.05) is 13.1 Å². The molecule has 0 spiro atoms. The number of nitrogens with zero attached hydrogens (tertiary/aromatic N) is 2. The molecule has 0 bridgehead atoms. The van der Waals surface area contributed by atoms with Gasteiger partial charge < -0.3 is 0 Å². The van der Waals surface area contributed by atoms with Gasteiger partial charge in [-0.05, 0) is 25.9 Å². The van der Waals surface area contributed by atoms with Gasteiger partial charge in [-0.15, -0.1) is 11.3 Å². The van der Waals surface area contributed by atoms with E-state index >= 15 is 0 Å². The van der Waals surface area contributed by atoms with Gasteiger partial charge in [-0.1, -0.05) is 13.3 Å². The SMILES string of the molecule is CCN1CCCCC1c1nc(C=O)cs1. The molecule has 0 amide bonds. The maximum Gasteiger partial charge on any atom is 0.169 e. The van der Waals surface area contributed by atoms with Crippen LogP contribution in [0.3, 0.4) is 0 Å². The highest BCUT2D eigenvalue weighted by Crippen LogP contribution is 2.32. The van der Waals surface area contributed by atoms with Crippen molar-refractivity contribution in [1.82, 2.24) is 9.88 Å². The van der Waals surface area contributed by atoms with Gasteiger partial charge in [-0.2, -0.15) is 0 Å². The van der Waals surface area contributed by atoms with Gasteiger partial charge in [0.05, 0.1) is 6.04 Å². The van der Waals surface area contributed by atoms with E-state index in [9.17, 15) is 4.79 Å². The van der Waals surface area contributed by atoms with E-state index < -0.39 is 0 Å². The van der Waals surface area contributed by atoms with Crippen LogP contribution in [0, 0.1) is 0 Å². The van der Waals surface area contributed by atoms with Gasteiger partial charge in [0.2, 0.25) is 0 Å². The van der Waals surface area contributed by atoms with Crippen molar-refractivity contribution >= 4 is 17.6 Å². The smallest absolute Gasteiger partial charge is 0.169 e. The minimum Gasteiger partial charge on any atom is -0.296 e. The summed E-state index contributed by atoms with van der Waals surface area (Å²) in [4.78, 5) is 17.4. The van der Waals surface area contributed by atoms with Crippen molar-refractivity contribution in [2.45, 2.75) is 32.2 Å². The summed E-state index contributed by atoms with van der Waals surface area (Å²) >= 11 is 1.62. The lowest BCUT2D eigenvalue weighted by molar-refractivity contribution is 0.111. The van der Waals surface area contributed by atoms with E-state index in [0.717, 1.165) is 24.4 Å². The van der Waals surface area contributed by atoms with Gasteiger partial charge in [0.15, 0.2) is 6.29 Å². The molecule has 1 aromatic heterocycles. The Balaban J connectivity index is 2.16. The summed E-state index contributed by atoms with van der Waals surface area (Å²) < 4.78 is 0. The minimum atomic E-state index is 0.447. The first-order valence-corrected chi connectivity index (χ1v) is 6.37. The lowest BCUT2D eigenvalue weighted by Gasteiger charge is -2.33. The van der Waals surface area contributed by atoms with Gasteiger partial charge >= 0.3 is 0 Å². The molecule has 1 fully saturated rings. The van der Waals surface area contributed by atoms with Gasteiger partial charge in [0.1, 0.15) is 10.7 Å². The Morgan fingerprint density at radius 2 is 2.53 bits per heavy atom. The number of rotatable bonds is 3. The third-order valence-corrected chi connectivity index (χ3v) is 3.93. The average molecular weight is 224 g/mol. The second kappa shape index (κ2) is 4.86. The summed E-state index contributed by atoms with van der Waals surface area (Å²) in [5.74, 6) is 0. The third kappa shape index (κ3) is 2.26. The normalized spacial score (nSPS) is 22.9. The van der Waals surface area contributed by atoms with Crippen molar-refractivity contribution in [3.63, 3.8) is 0 Å². The predicted molar refractivity (Wildman–Crippen MR) is 61.3 cm³/mol. The number of carbonyl (C=O) groups is 1. The number of piperidine rings is 1. The number of hydrogen-bond donors (Lipinski definition) is 0. The molecular formula is C11H16N2OS. The van der Waals surface area contributed by atoms with Crippen LogP contribution in [0.15, 0.2) is 5.38 Å². The molecule has 1 aliphatic rings. The fraction of sp³-hybridized carbons (Fsp3) is 0.636. The predicted octanol–water partition coefficient (Wildman–Crippen LogP) is 2.50. The largest absolute Gasteiger partial charge is 0.296 e. The Morgan fingerprint density at radius 1 is 1.67 bits per heavy atom. The van der Waals surface area contributed by atoms with E-state index in [1.807, 2.05) is 5.38 Å². The molecule has 1 aromatic rings. The molecule has 0 radical (unpaired) electrons. The van der Waals surface area contributed by atoms with Crippen molar-refractivity contribution in [3.05, 3.63) is 16.1 Å². The van der Waals surface area contributed by atoms with Crippen molar-refractivity contribution in [1.29, 1.82) is 0 Å². The first-order valence-electron chi connectivity index (χ1n) is 5.49. The highest BCUT2D eigenvalue weighted by Gasteiger charge is 2.24. The van der Waals surface area contributed by atoms with Crippen molar-refractivity contribution in [3.8, 4) is 0 Å². The second-order valence-corrected chi connectivity index (χ2v) is 4.76. The maximum atomic E-state index is 10.6. The fourth-order valence-electron chi connectivity index (χ4n) is 2.16. The number of likely N-dealkylation sites (tertiary alicyclic amines) is 1. The molecule has 0 N–H and O–H groups in total. The Morgan fingerprint density at radius 3 is 3.20 bits per heavy atom. The summed E-state index contributed by atoms with van der Waals surface area (Å²) in [6.07, 6.45) is 4.58. The van der Waals surface area contributed by atoms with E-state index in [1.165, 1.54) is 19.3 Å². The van der Waals surface area contributed by atoms with E-state index in [-0.39, 0.29) is 0 Å². The number of carbonyl (C=O) groups excluding carboxylic acids is 1. The molecule has 1 saturated heterocycles. The molecule has 4 heteroatoms. The Bertz CT molecular complexity index is 337. The number of thiazole rings is 1. The Labute approximate surface area is 94.1 Å². The van der Waals surface area contributed by atoms with Crippen LogP contribution in [-0.2, 0) is 0 Å². The molecule has 2 rings (SSSR count). The van der Waals surface area contributed by atoms with Crippen LogP contribution >= 0.6 is 11.3 Å². The van der Waals surface area contributed by atoms with Gasteiger partial charge in [0.25, 0.3) is 0 Å². The Hall–Kier alpha value is -0.740. The maximum absolute atomic E-state index is 10.6. The molecule has 82 valence electrons. The van der Waals surface area contributed by atoms with Crippen LogP contribution in [0.4, 0.5) is 0 Å². The lowest BCUT2D eigenvalue weighted by Crippen LogP contribution is -2.33. The number of hydrogen-bond acceptors (Lipinski definition) is 4. The van der Waals surface area contributed by atoms with Crippen LogP contribution in [0.5, 0.6) is 0 Å². The highest BCUT2D eigenvalue weighted by molar-refractivity contribution is 7.09. The fourth-order valence-corrected chi connectivity index (χ4v) is 3.09. The molecule has 1 atom stereocenters. The van der Waals surface area contributed by atoms with Crippen LogP contribution < -0.4 is 0 Å². The van der Waals surface area contributed by atoms with Gasteiger partial charge in [-0.25, -0.2) is 4.98 Å². The zero-order valence-electron chi connectivity index (χ0n) is 8.98. The van der Waals surface area contributed by atoms with Crippen molar-refractivity contribution in [2.24, 2.45) is 0 Å². The molecular weight excluding hydrogens is 208 g/mol. The summed E-state index contributed by atoms with van der Waals surface area (Å²) in [5.41, 5.74) is 0.580. The first-order chi connectivity index (χ1) is 7.35. The molecule has 3 nitrogen and oxygen atoms in total. The van der Waals surface area contributed by atoms with E-state index in [1.54, 1.807) is 11.3 Å². The molecule has 0 aliphatic carbocycles. The van der Waals surface area contributed by atoms with Crippen LogP contribution in [0.1, 0.15) is 47.7 Å². The van der Waals surface area contributed by atoms with Crippen LogP contribution in [0.25, 0.3) is 0 Å². The molecule has 0 aromatic carbocycles. The lowest BCUT2D eigenvalue weighted by atomic mass is 10.0. The standard InChI is InChI=1S/C11H16N2OS/c1-2-13-6-4-3-5-10(13)11-12-9(7-14)8-15-11/h7-8,10H,2-6H2,1H3. The summed E-state index contributed by atoms with van der Waals surface area (Å²) in [7, 11) is 0. The third-order valence-electron chi connectivity index (χ3n) is 2.97. The molecule has 2 heterocycles. The summed E-state index contributed by atoms with van der Waals surface area (Å²) in [5, 5.41) is 2.96. The van der Waals surface area contributed by atoms with Crippen LogP contribution in [0.2, 0.25) is 0 Å². The second-order valence-electron chi connectivity index (χ2n) is 3.87. The molecule has 1 aliphatic heterocycles.